The van der Waals surface area contributed by atoms with Crippen molar-refractivity contribution in [3.8, 4) is 90.3 Å². The number of rotatable bonds is 16. The molecular formula is C114H88N4O8. The first-order valence-electron chi connectivity index (χ1n) is 43.6. The van der Waals surface area contributed by atoms with Crippen LogP contribution in [0.4, 0.5) is 0 Å². The van der Waals surface area contributed by atoms with E-state index in [0.717, 1.165) is 237 Å². The zero-order chi connectivity index (χ0) is 84.9. The monoisotopic (exact) mass is 1640 g/mol. The fourth-order valence-electron chi connectivity index (χ4n) is 17.6. The van der Waals surface area contributed by atoms with Crippen molar-refractivity contribution in [2.24, 2.45) is 5.92 Å². The maximum Gasteiger partial charge on any atom is 0.227 e. The Morgan fingerprint density at radius 3 is 0.810 bits per heavy atom. The van der Waals surface area contributed by atoms with Crippen molar-refractivity contribution >= 4 is 132 Å². The molecule has 0 aliphatic heterocycles. The molecule has 8 aromatic heterocycles. The number of hydrogen-bond donors (Lipinski definition) is 0. The molecule has 0 saturated heterocycles. The summed E-state index contributed by atoms with van der Waals surface area (Å²) < 4.78 is 49.6. The lowest BCUT2D eigenvalue weighted by Gasteiger charge is -2.04. The zero-order valence-corrected chi connectivity index (χ0v) is 70.8. The second-order valence-corrected chi connectivity index (χ2v) is 33.1. The molecular weight excluding hydrogens is 1550 g/mol. The third-order valence-electron chi connectivity index (χ3n) is 23.9. The van der Waals surface area contributed by atoms with Crippen LogP contribution in [0, 0.1) is 5.92 Å². The van der Waals surface area contributed by atoms with Gasteiger partial charge in [-0.25, -0.2) is 19.9 Å². The molecule has 126 heavy (non-hydrogen) atoms. The summed E-state index contributed by atoms with van der Waals surface area (Å²) in [5, 5.41) is 9.13. The molecule has 0 spiro atoms. The molecule has 0 aliphatic rings. The highest BCUT2D eigenvalue weighted by atomic mass is 16.4. The molecule has 612 valence electrons. The molecule has 8 heterocycles. The Labute approximate surface area is 727 Å². The molecule has 16 aromatic carbocycles. The predicted octanol–water partition coefficient (Wildman–Crippen LogP) is 32.9. The van der Waals surface area contributed by atoms with Crippen LogP contribution in [0.2, 0.25) is 0 Å². The average molecular weight is 1640 g/mol. The number of furan rings is 4. The van der Waals surface area contributed by atoms with Gasteiger partial charge in [0.25, 0.3) is 0 Å². The van der Waals surface area contributed by atoms with E-state index in [0.29, 0.717) is 35.4 Å². The Kier molecular flexibility index (Phi) is 20.7. The largest absolute Gasteiger partial charge is 0.455 e. The summed E-state index contributed by atoms with van der Waals surface area (Å²) in [6, 6.07) is 116. The van der Waals surface area contributed by atoms with Gasteiger partial charge in [-0.05, 0) is 179 Å². The first-order valence-corrected chi connectivity index (χ1v) is 43.6. The lowest BCUT2D eigenvalue weighted by atomic mass is 10.0. The SMILES string of the molecule is CC(C)Cc1cccc2nc(-c3ccc(-c4cccc5c4oc4ccccc45)cc3)oc12.CC(C)c1cccc2nc(-c3ccc(-c4cccc5c4oc4ccccc45)cc3)oc12.CCCCc1cccc2nc(-c3ccc(-c4cccc5c4oc4ccccc45)cc3)oc12.CCCc1cccc2nc(-c3ccc(-c4cccc5c4oc4ccccc45)cc3)oc12. The number of para-hydroxylation sites is 12. The van der Waals surface area contributed by atoms with Crippen LogP contribution in [0.25, 0.3) is 222 Å². The fourth-order valence-corrected chi connectivity index (χ4v) is 17.6. The Balaban J connectivity index is 0.000000103. The van der Waals surface area contributed by atoms with Gasteiger partial charge in [0.1, 0.15) is 66.7 Å². The second-order valence-electron chi connectivity index (χ2n) is 33.1. The van der Waals surface area contributed by atoms with Crippen LogP contribution in [0.5, 0.6) is 0 Å². The van der Waals surface area contributed by atoms with E-state index in [1.54, 1.807) is 0 Å². The van der Waals surface area contributed by atoms with Gasteiger partial charge < -0.3 is 35.3 Å². The highest BCUT2D eigenvalue weighted by Gasteiger charge is 2.22. The molecule has 24 aromatic rings. The van der Waals surface area contributed by atoms with Crippen LogP contribution in [-0.4, -0.2) is 19.9 Å². The van der Waals surface area contributed by atoms with Crippen LogP contribution in [0.3, 0.4) is 0 Å². The molecule has 0 atom stereocenters. The Hall–Kier alpha value is -15.4. The van der Waals surface area contributed by atoms with E-state index in [9.17, 15) is 0 Å². The van der Waals surface area contributed by atoms with E-state index in [1.165, 1.54) is 22.3 Å². The molecule has 0 saturated carbocycles. The van der Waals surface area contributed by atoms with Crippen molar-refractivity contribution in [1.29, 1.82) is 0 Å². The number of benzene rings is 16. The van der Waals surface area contributed by atoms with Gasteiger partial charge in [0.2, 0.25) is 23.6 Å². The molecule has 0 N–H and O–H groups in total. The minimum atomic E-state index is 0.385. The van der Waals surface area contributed by atoms with Crippen LogP contribution < -0.4 is 0 Å². The Morgan fingerprint density at radius 1 is 0.222 bits per heavy atom. The topological polar surface area (TPSA) is 157 Å². The maximum absolute atomic E-state index is 6.21. The van der Waals surface area contributed by atoms with E-state index < -0.39 is 0 Å². The Bertz CT molecular complexity index is 8120. The Morgan fingerprint density at radius 2 is 0.492 bits per heavy atom. The van der Waals surface area contributed by atoms with Gasteiger partial charge in [-0.15, -0.1) is 0 Å². The van der Waals surface area contributed by atoms with Gasteiger partial charge in [0, 0.05) is 87.6 Å². The van der Waals surface area contributed by atoms with Crippen molar-refractivity contribution < 1.29 is 35.3 Å². The van der Waals surface area contributed by atoms with Gasteiger partial charge in [0.15, 0.2) is 22.3 Å². The third kappa shape index (κ3) is 14.8. The molecule has 0 unspecified atom stereocenters. The summed E-state index contributed by atoms with van der Waals surface area (Å²) in [4.78, 5) is 18.9. The van der Waals surface area contributed by atoms with E-state index in [2.05, 4.69) is 278 Å². The van der Waals surface area contributed by atoms with E-state index >= 15 is 0 Å². The normalized spacial score (nSPS) is 11.7. The molecule has 12 nitrogen and oxygen atoms in total. The third-order valence-corrected chi connectivity index (χ3v) is 23.9. The number of aryl methyl sites for hydroxylation is 2. The van der Waals surface area contributed by atoms with Crippen molar-refractivity contribution in [3.63, 3.8) is 0 Å². The average Bonchev–Trinajstić information content (AvgIpc) is 1.62. The number of fused-ring (bicyclic) bond motifs is 16. The second kappa shape index (κ2) is 33.4. The number of aromatic nitrogens is 4. The lowest BCUT2D eigenvalue weighted by molar-refractivity contribution is 0.599. The van der Waals surface area contributed by atoms with Crippen molar-refractivity contribution in [3.05, 3.63) is 362 Å². The number of oxazole rings is 4. The number of nitrogens with zero attached hydrogens (tertiary/aromatic N) is 4. The molecule has 12 heteroatoms. The summed E-state index contributed by atoms with van der Waals surface area (Å²) >= 11 is 0. The first-order chi connectivity index (χ1) is 62.0. The molecule has 0 amide bonds. The van der Waals surface area contributed by atoms with Gasteiger partial charge in [-0.1, -0.05) is 297 Å². The van der Waals surface area contributed by atoms with Gasteiger partial charge in [0.05, 0.1) is 0 Å². The van der Waals surface area contributed by atoms with Crippen LogP contribution in [-0.2, 0) is 19.3 Å². The highest BCUT2D eigenvalue weighted by molar-refractivity contribution is 6.13. The van der Waals surface area contributed by atoms with E-state index in [1.807, 2.05) is 103 Å². The quantitative estimate of drug-likeness (QED) is 0.0903. The molecule has 0 bridgehead atoms. The summed E-state index contributed by atoms with van der Waals surface area (Å²) in [7, 11) is 0. The molecule has 0 aliphatic carbocycles. The van der Waals surface area contributed by atoms with Crippen molar-refractivity contribution in [2.75, 3.05) is 0 Å². The van der Waals surface area contributed by atoms with E-state index in [4.69, 9.17) is 55.3 Å². The zero-order valence-electron chi connectivity index (χ0n) is 70.8. The van der Waals surface area contributed by atoms with E-state index in [-0.39, 0.29) is 0 Å². The maximum atomic E-state index is 6.21. The first kappa shape index (κ1) is 77.9. The number of unbranched alkanes of at least 4 members (excludes halogenated alkanes) is 1. The smallest absolute Gasteiger partial charge is 0.227 e. The van der Waals surface area contributed by atoms with Gasteiger partial charge in [-0.3, -0.25) is 0 Å². The summed E-state index contributed by atoms with van der Waals surface area (Å²) in [6.45, 7) is 13.2. The molecule has 0 radical (unpaired) electrons. The molecule has 0 fully saturated rings. The van der Waals surface area contributed by atoms with Crippen molar-refractivity contribution in [1.82, 2.24) is 19.9 Å². The standard InChI is InChI=1S/2C29H23NO2.2C28H21NO2/c1-18(2)17-21-7-5-11-25-27(21)32-29(30-25)20-15-13-19(14-16-20)22-9-6-10-24-23-8-3-4-12-26(23)31-28(22)24;1-2-3-8-20-9-6-13-25-27(20)32-29(30-25)21-17-15-19(16-18-21)22-11-7-12-24-23-10-4-5-14-26(23)31-28(22)24;1-17(2)20-8-6-11-24-27(20)31-28(29-24)19-15-13-18(14-16-19)21-9-5-10-23-22-7-3-4-12-25(22)30-26(21)23;1-2-7-19-8-5-12-24-26(19)31-28(29-24)20-16-14-18(15-17-20)21-10-6-11-23-22-9-3-4-13-25(22)30-27(21)23/h3-16,18H,17H2,1-2H3;4-7,9-18H,2-3,8H2,1H3;3-17H,1-2H3;3-6,8-17H,2,7H2,1H3. The fraction of sp³-hybridized carbons (Fsp3) is 0.123. The number of hydrogen-bond acceptors (Lipinski definition) is 12. The van der Waals surface area contributed by atoms with Gasteiger partial charge in [-0.2, -0.15) is 0 Å². The van der Waals surface area contributed by atoms with Crippen LogP contribution >= 0.6 is 0 Å². The predicted molar refractivity (Wildman–Crippen MR) is 514 cm³/mol. The minimum Gasteiger partial charge on any atom is -0.455 e. The van der Waals surface area contributed by atoms with Gasteiger partial charge >= 0.3 is 0 Å². The lowest BCUT2D eigenvalue weighted by Crippen LogP contribution is -1.93. The summed E-state index contributed by atoms with van der Waals surface area (Å²) in [5.74, 6) is 3.58. The van der Waals surface area contributed by atoms with Crippen LogP contribution in [0.1, 0.15) is 89.0 Å². The summed E-state index contributed by atoms with van der Waals surface area (Å²) in [6.07, 6.45) is 6.38. The summed E-state index contributed by atoms with van der Waals surface area (Å²) in [5.41, 5.74) is 32.0. The van der Waals surface area contributed by atoms with Crippen molar-refractivity contribution in [2.45, 2.75) is 86.0 Å². The van der Waals surface area contributed by atoms with Crippen LogP contribution in [0.15, 0.2) is 375 Å². The molecule has 24 rings (SSSR count). The minimum absolute atomic E-state index is 0.385. The highest BCUT2D eigenvalue weighted by Crippen LogP contribution is 2.44.